The van der Waals surface area contributed by atoms with Gasteiger partial charge in [-0.25, -0.2) is 0 Å². The van der Waals surface area contributed by atoms with Crippen LogP contribution in [0.2, 0.25) is 0 Å². The minimum Gasteiger partial charge on any atom is -0.481 e. The Hall–Kier alpha value is -0.790. The highest BCUT2D eigenvalue weighted by Crippen LogP contribution is 2.58. The number of aliphatic carboxylic acids is 1. The highest BCUT2D eigenvalue weighted by Gasteiger charge is 2.52. The molecule has 1 fully saturated rings. The highest BCUT2D eigenvalue weighted by atomic mass is 16.4. The summed E-state index contributed by atoms with van der Waals surface area (Å²) in [6.45, 7) is 6.50. The van der Waals surface area contributed by atoms with E-state index in [4.69, 9.17) is 0 Å². The van der Waals surface area contributed by atoms with Crippen molar-refractivity contribution in [2.75, 3.05) is 0 Å². The van der Waals surface area contributed by atoms with Crippen LogP contribution >= 0.6 is 0 Å². The predicted octanol–water partition coefficient (Wildman–Crippen LogP) is 3.09. The van der Waals surface area contributed by atoms with E-state index >= 15 is 0 Å². The molecule has 0 radical (unpaired) electrons. The average Bonchev–Trinajstić information content (AvgIpc) is 2.18. The van der Waals surface area contributed by atoms with Gasteiger partial charge >= 0.3 is 5.97 Å². The molecule has 0 aromatic rings. The molecule has 0 spiro atoms. The summed E-state index contributed by atoms with van der Waals surface area (Å²) in [4.78, 5) is 11.3. The summed E-state index contributed by atoms with van der Waals surface area (Å²) >= 11 is 0. The van der Waals surface area contributed by atoms with Gasteiger partial charge in [0.05, 0.1) is 5.92 Å². The second-order valence-electron chi connectivity index (χ2n) is 5.82. The fraction of sp³-hybridized carbons (Fsp3) is 0.769. The molecule has 0 aromatic carbocycles. The average molecular weight is 208 g/mol. The normalized spacial score (nSPS) is 43.6. The molecule has 3 aliphatic carbocycles. The molecule has 15 heavy (non-hydrogen) atoms. The first kappa shape index (κ1) is 10.7. The lowest BCUT2D eigenvalue weighted by Gasteiger charge is -2.53. The summed E-state index contributed by atoms with van der Waals surface area (Å²) in [5.41, 5.74) is 0.0588. The van der Waals surface area contributed by atoms with E-state index in [9.17, 15) is 9.90 Å². The van der Waals surface area contributed by atoms with E-state index < -0.39 is 5.97 Å². The van der Waals surface area contributed by atoms with Gasteiger partial charge in [0.1, 0.15) is 0 Å². The van der Waals surface area contributed by atoms with Gasteiger partial charge in [-0.15, -0.1) is 0 Å². The number of allylic oxidation sites excluding steroid dienone is 2. The molecule has 2 nitrogen and oxygen atoms in total. The Bertz CT molecular complexity index is 318. The van der Waals surface area contributed by atoms with Crippen LogP contribution in [0.3, 0.4) is 0 Å². The van der Waals surface area contributed by atoms with Gasteiger partial charge < -0.3 is 5.11 Å². The van der Waals surface area contributed by atoms with Gasteiger partial charge in [-0.1, -0.05) is 32.9 Å². The predicted molar refractivity (Wildman–Crippen MR) is 59.5 cm³/mol. The van der Waals surface area contributed by atoms with E-state index in [0.717, 1.165) is 19.3 Å². The topological polar surface area (TPSA) is 37.3 Å². The number of hydrogen-bond donors (Lipinski definition) is 1. The molecule has 84 valence electrons. The zero-order chi connectivity index (χ0) is 11.3. The summed E-state index contributed by atoms with van der Waals surface area (Å²) < 4.78 is 0. The molecule has 3 aliphatic rings. The molecule has 1 saturated carbocycles. The van der Waals surface area contributed by atoms with Crippen molar-refractivity contribution < 1.29 is 9.90 Å². The maximum atomic E-state index is 11.3. The number of rotatable bonds is 2. The number of hydrogen-bond acceptors (Lipinski definition) is 1. The van der Waals surface area contributed by atoms with Crippen molar-refractivity contribution in [3.05, 3.63) is 12.2 Å². The zero-order valence-electron chi connectivity index (χ0n) is 9.79. The van der Waals surface area contributed by atoms with Gasteiger partial charge in [0.15, 0.2) is 0 Å². The lowest BCUT2D eigenvalue weighted by molar-refractivity contribution is -0.150. The van der Waals surface area contributed by atoms with Crippen molar-refractivity contribution in [3.8, 4) is 0 Å². The fourth-order valence-electron chi connectivity index (χ4n) is 3.18. The highest BCUT2D eigenvalue weighted by molar-refractivity contribution is 5.72. The van der Waals surface area contributed by atoms with Gasteiger partial charge in [0, 0.05) is 0 Å². The molecule has 3 rings (SSSR count). The number of fused-ring (bicyclic) bond motifs is 2. The maximum Gasteiger partial charge on any atom is 0.307 e. The summed E-state index contributed by atoms with van der Waals surface area (Å²) in [6.07, 6.45) is 7.46. The third kappa shape index (κ3) is 1.42. The Balaban J connectivity index is 2.37. The quantitative estimate of drug-likeness (QED) is 0.708. The molecular weight excluding hydrogens is 188 g/mol. The van der Waals surface area contributed by atoms with Crippen LogP contribution in [0.15, 0.2) is 12.2 Å². The zero-order valence-corrected chi connectivity index (χ0v) is 9.79. The molecular formula is C13H20O2. The lowest BCUT2D eigenvalue weighted by atomic mass is 9.51. The molecule has 0 unspecified atom stereocenters. The summed E-state index contributed by atoms with van der Waals surface area (Å²) in [5.74, 6) is -0.259. The molecule has 0 heterocycles. The van der Waals surface area contributed by atoms with Crippen molar-refractivity contribution in [1.82, 2.24) is 0 Å². The Labute approximate surface area is 91.4 Å². The van der Waals surface area contributed by atoms with Crippen LogP contribution in [0, 0.1) is 22.7 Å². The molecule has 2 bridgehead atoms. The monoisotopic (exact) mass is 208 g/mol. The van der Waals surface area contributed by atoms with Crippen LogP contribution in [0.4, 0.5) is 0 Å². The van der Waals surface area contributed by atoms with Crippen molar-refractivity contribution in [3.63, 3.8) is 0 Å². The first-order valence-electron chi connectivity index (χ1n) is 5.83. The second-order valence-corrected chi connectivity index (χ2v) is 5.82. The van der Waals surface area contributed by atoms with Gasteiger partial charge in [-0.05, 0) is 36.0 Å². The third-order valence-corrected chi connectivity index (χ3v) is 4.75. The van der Waals surface area contributed by atoms with Crippen molar-refractivity contribution >= 4 is 5.97 Å². The van der Waals surface area contributed by atoms with Gasteiger partial charge in [-0.3, -0.25) is 4.79 Å². The van der Waals surface area contributed by atoms with Crippen molar-refractivity contribution in [1.29, 1.82) is 0 Å². The molecule has 2 heteroatoms. The molecule has 0 aromatic heterocycles. The first-order valence-corrected chi connectivity index (χ1v) is 5.83. The Kier molecular flexibility index (Phi) is 2.21. The van der Waals surface area contributed by atoms with Crippen LogP contribution in [0.1, 0.15) is 40.0 Å². The van der Waals surface area contributed by atoms with Crippen molar-refractivity contribution in [2.24, 2.45) is 22.7 Å². The summed E-state index contributed by atoms with van der Waals surface area (Å²) in [7, 11) is 0. The molecule has 3 atom stereocenters. The fourth-order valence-corrected chi connectivity index (χ4v) is 3.18. The van der Waals surface area contributed by atoms with Crippen LogP contribution in [-0.2, 0) is 4.79 Å². The number of carboxylic acids is 1. The van der Waals surface area contributed by atoms with Crippen molar-refractivity contribution in [2.45, 2.75) is 40.0 Å². The van der Waals surface area contributed by atoms with Gasteiger partial charge in [0.25, 0.3) is 0 Å². The minimum absolute atomic E-state index is 0.0948. The SMILES string of the molecule is CC(C)[C@@]12C=C[C@@](C)(CC1)[C@H](C(=O)O)C2. The van der Waals surface area contributed by atoms with E-state index in [1.165, 1.54) is 0 Å². The Morgan fingerprint density at radius 3 is 2.47 bits per heavy atom. The second kappa shape index (κ2) is 3.10. The molecule has 0 saturated heterocycles. The van der Waals surface area contributed by atoms with E-state index in [1.807, 2.05) is 0 Å². The number of carboxylic acid groups (broad SMARTS) is 1. The molecule has 1 N–H and O–H groups in total. The van der Waals surface area contributed by atoms with Crippen LogP contribution in [0.25, 0.3) is 0 Å². The number of carbonyl (C=O) groups is 1. The smallest absolute Gasteiger partial charge is 0.307 e. The molecule has 0 aliphatic heterocycles. The lowest BCUT2D eigenvalue weighted by Crippen LogP contribution is -2.47. The Morgan fingerprint density at radius 1 is 1.40 bits per heavy atom. The summed E-state index contributed by atoms with van der Waals surface area (Å²) in [5, 5.41) is 9.29. The third-order valence-electron chi connectivity index (χ3n) is 4.75. The van der Waals surface area contributed by atoms with E-state index in [-0.39, 0.29) is 16.7 Å². The van der Waals surface area contributed by atoms with Gasteiger partial charge in [-0.2, -0.15) is 0 Å². The maximum absolute atomic E-state index is 11.3. The molecule has 0 amide bonds. The first-order chi connectivity index (χ1) is 6.90. The van der Waals surface area contributed by atoms with E-state index in [2.05, 4.69) is 32.9 Å². The summed E-state index contributed by atoms with van der Waals surface area (Å²) in [6, 6.07) is 0. The van der Waals surface area contributed by atoms with Crippen LogP contribution < -0.4 is 0 Å². The standard InChI is InChI=1S/C13H20O2/c1-9(2)13-6-4-12(3,5-7-13)10(8-13)11(14)15/h4,6,9-10H,5,7-8H2,1-3H3,(H,14,15)/t10-,12-,13-/m0/s1. The van der Waals surface area contributed by atoms with Gasteiger partial charge in [0.2, 0.25) is 0 Å². The van der Waals surface area contributed by atoms with E-state index in [0.29, 0.717) is 5.92 Å². The Morgan fingerprint density at radius 2 is 2.07 bits per heavy atom. The van der Waals surface area contributed by atoms with E-state index in [1.54, 1.807) is 0 Å². The minimum atomic E-state index is -0.619. The largest absolute Gasteiger partial charge is 0.481 e. The van der Waals surface area contributed by atoms with Crippen LogP contribution in [-0.4, -0.2) is 11.1 Å². The van der Waals surface area contributed by atoms with Crippen LogP contribution in [0.5, 0.6) is 0 Å².